The van der Waals surface area contributed by atoms with Crippen LogP contribution in [0, 0.1) is 5.92 Å². The third kappa shape index (κ3) is 5.71. The van der Waals surface area contributed by atoms with Gasteiger partial charge in [-0.2, -0.15) is 0 Å². The van der Waals surface area contributed by atoms with E-state index in [4.69, 9.17) is 0 Å². The number of hydrogen-bond acceptors (Lipinski definition) is 4. The first-order chi connectivity index (χ1) is 11.8. The Labute approximate surface area is 148 Å². The molecule has 8 nitrogen and oxygen atoms in total. The van der Waals surface area contributed by atoms with Crippen molar-refractivity contribution in [1.82, 2.24) is 14.9 Å². The highest BCUT2D eigenvalue weighted by Gasteiger charge is 2.25. The van der Waals surface area contributed by atoms with E-state index in [2.05, 4.69) is 16.0 Å². The molecule has 1 aromatic carbocycles. The number of nitrogens with zero attached hydrogens (tertiary/aromatic N) is 1. The maximum atomic E-state index is 12.0. The fraction of sp³-hybridized carbons (Fsp3) is 0.500. The topological polar surface area (TPSA) is 108 Å². The number of rotatable bonds is 5. The standard InChI is InChI=1S/C16H24N4O4S/c1-17-15(21)13-6-3-7-14(9-13)19-16(22)18-10-12-5-4-8-20(11-12)25(2,23)24/h3,6-7,9,12H,4-5,8,10-11H2,1-2H3,(H,17,21)(H2,18,19,22)/t12-/m0/s1. The molecule has 25 heavy (non-hydrogen) atoms. The highest BCUT2D eigenvalue weighted by atomic mass is 32.2. The molecule has 1 atom stereocenters. The van der Waals surface area contributed by atoms with Crippen molar-refractivity contribution >= 4 is 27.6 Å². The molecule has 0 unspecified atom stereocenters. The Morgan fingerprint density at radius 2 is 2.08 bits per heavy atom. The molecule has 1 fully saturated rings. The van der Waals surface area contributed by atoms with Crippen molar-refractivity contribution in [3.8, 4) is 0 Å². The van der Waals surface area contributed by atoms with E-state index in [0.29, 0.717) is 30.9 Å². The quantitative estimate of drug-likeness (QED) is 0.716. The lowest BCUT2D eigenvalue weighted by Crippen LogP contribution is -2.43. The second kappa shape index (κ2) is 8.30. The van der Waals surface area contributed by atoms with E-state index in [-0.39, 0.29) is 17.9 Å². The summed E-state index contributed by atoms with van der Waals surface area (Å²) in [7, 11) is -1.65. The molecule has 0 saturated carbocycles. The number of carbonyl (C=O) groups is 2. The summed E-state index contributed by atoms with van der Waals surface area (Å²) in [5, 5.41) is 7.97. The van der Waals surface area contributed by atoms with Gasteiger partial charge in [0.15, 0.2) is 0 Å². The Morgan fingerprint density at radius 1 is 1.32 bits per heavy atom. The second-order valence-electron chi connectivity index (χ2n) is 6.12. The van der Waals surface area contributed by atoms with Gasteiger partial charge < -0.3 is 16.0 Å². The van der Waals surface area contributed by atoms with Crippen molar-refractivity contribution < 1.29 is 18.0 Å². The van der Waals surface area contributed by atoms with E-state index in [9.17, 15) is 18.0 Å². The Hall–Kier alpha value is -2.13. The molecule has 0 bridgehead atoms. The molecule has 2 rings (SSSR count). The van der Waals surface area contributed by atoms with Crippen LogP contribution in [0.5, 0.6) is 0 Å². The van der Waals surface area contributed by atoms with Crippen LogP contribution >= 0.6 is 0 Å². The van der Waals surface area contributed by atoms with E-state index in [1.165, 1.54) is 10.6 Å². The molecular weight excluding hydrogens is 344 g/mol. The summed E-state index contributed by atoms with van der Waals surface area (Å²) in [5.74, 6) is -0.140. The lowest BCUT2D eigenvalue weighted by Gasteiger charge is -2.30. The van der Waals surface area contributed by atoms with Gasteiger partial charge in [0.2, 0.25) is 10.0 Å². The molecule has 138 valence electrons. The molecule has 3 amide bonds. The molecule has 9 heteroatoms. The first kappa shape index (κ1) is 19.2. The number of hydrogen-bond donors (Lipinski definition) is 3. The summed E-state index contributed by atoms with van der Waals surface area (Å²) in [6, 6.07) is 6.24. The van der Waals surface area contributed by atoms with E-state index in [0.717, 1.165) is 12.8 Å². The van der Waals surface area contributed by atoms with Gasteiger partial charge in [-0.15, -0.1) is 0 Å². The van der Waals surface area contributed by atoms with Crippen molar-refractivity contribution in [1.29, 1.82) is 0 Å². The van der Waals surface area contributed by atoms with Gasteiger partial charge in [0.25, 0.3) is 5.91 Å². The van der Waals surface area contributed by atoms with Crippen LogP contribution in [0.25, 0.3) is 0 Å². The highest BCUT2D eigenvalue weighted by molar-refractivity contribution is 7.88. The number of nitrogens with one attached hydrogen (secondary N) is 3. The summed E-state index contributed by atoms with van der Waals surface area (Å²) in [6.07, 6.45) is 2.86. The summed E-state index contributed by atoms with van der Waals surface area (Å²) < 4.78 is 24.7. The van der Waals surface area contributed by atoms with Gasteiger partial charge in [0, 0.05) is 37.9 Å². The minimum atomic E-state index is -3.19. The number of sulfonamides is 1. The van der Waals surface area contributed by atoms with Crippen molar-refractivity contribution in [3.05, 3.63) is 29.8 Å². The normalized spacial score (nSPS) is 18.4. The molecule has 0 radical (unpaired) electrons. The molecule has 0 spiro atoms. The number of carbonyl (C=O) groups excluding carboxylic acids is 2. The van der Waals surface area contributed by atoms with Crippen molar-refractivity contribution in [3.63, 3.8) is 0 Å². The first-order valence-electron chi connectivity index (χ1n) is 8.11. The fourth-order valence-corrected chi connectivity index (χ4v) is 3.73. The minimum absolute atomic E-state index is 0.0893. The average molecular weight is 368 g/mol. The monoisotopic (exact) mass is 368 g/mol. The zero-order chi connectivity index (χ0) is 18.4. The van der Waals surface area contributed by atoms with Gasteiger partial charge >= 0.3 is 6.03 Å². The Kier molecular flexibility index (Phi) is 6.38. The predicted octanol–water partition coefficient (Wildman–Crippen LogP) is 0.839. The van der Waals surface area contributed by atoms with Crippen LogP contribution in [0.15, 0.2) is 24.3 Å². The number of benzene rings is 1. The van der Waals surface area contributed by atoms with Gasteiger partial charge in [-0.1, -0.05) is 6.07 Å². The highest BCUT2D eigenvalue weighted by Crippen LogP contribution is 2.18. The van der Waals surface area contributed by atoms with Crippen LogP contribution in [0.2, 0.25) is 0 Å². The number of anilines is 1. The van der Waals surface area contributed by atoms with Crippen LogP contribution in [-0.4, -0.2) is 57.6 Å². The SMILES string of the molecule is CNC(=O)c1cccc(NC(=O)NC[C@@H]2CCCN(S(C)(=O)=O)C2)c1. The molecule has 1 saturated heterocycles. The zero-order valence-corrected chi connectivity index (χ0v) is 15.2. The third-order valence-electron chi connectivity index (χ3n) is 4.11. The second-order valence-corrected chi connectivity index (χ2v) is 8.11. The van der Waals surface area contributed by atoms with E-state index >= 15 is 0 Å². The fourth-order valence-electron chi connectivity index (χ4n) is 2.79. The number of urea groups is 1. The predicted molar refractivity (Wildman–Crippen MR) is 96.0 cm³/mol. The summed E-state index contributed by atoms with van der Waals surface area (Å²) >= 11 is 0. The maximum Gasteiger partial charge on any atom is 0.319 e. The molecule has 1 aliphatic rings. The average Bonchev–Trinajstić information content (AvgIpc) is 2.59. The summed E-state index contributed by atoms with van der Waals surface area (Å²) in [5.41, 5.74) is 0.969. The lowest BCUT2D eigenvalue weighted by atomic mass is 10.00. The Balaban J connectivity index is 1.86. The first-order valence-corrected chi connectivity index (χ1v) is 9.96. The van der Waals surface area contributed by atoms with E-state index in [1.54, 1.807) is 31.3 Å². The smallest absolute Gasteiger partial charge is 0.319 e. The Bertz CT molecular complexity index is 735. The summed E-state index contributed by atoms with van der Waals surface area (Å²) in [4.78, 5) is 23.6. The molecular formula is C16H24N4O4S. The van der Waals surface area contributed by atoms with Crippen LogP contribution in [0.1, 0.15) is 23.2 Å². The molecule has 0 aromatic heterocycles. The van der Waals surface area contributed by atoms with Crippen LogP contribution in [-0.2, 0) is 10.0 Å². The van der Waals surface area contributed by atoms with Gasteiger partial charge in [0.1, 0.15) is 0 Å². The number of piperidine rings is 1. The van der Waals surface area contributed by atoms with E-state index < -0.39 is 10.0 Å². The molecule has 3 N–H and O–H groups in total. The lowest BCUT2D eigenvalue weighted by molar-refractivity contribution is 0.0963. The van der Waals surface area contributed by atoms with Gasteiger partial charge in [-0.3, -0.25) is 4.79 Å². The van der Waals surface area contributed by atoms with Gasteiger partial charge in [-0.25, -0.2) is 17.5 Å². The van der Waals surface area contributed by atoms with Crippen LogP contribution in [0.4, 0.5) is 10.5 Å². The molecule has 0 aliphatic carbocycles. The van der Waals surface area contributed by atoms with Crippen molar-refractivity contribution in [2.24, 2.45) is 5.92 Å². The Morgan fingerprint density at radius 3 is 2.76 bits per heavy atom. The van der Waals surface area contributed by atoms with Crippen LogP contribution in [0.3, 0.4) is 0 Å². The zero-order valence-electron chi connectivity index (χ0n) is 14.4. The van der Waals surface area contributed by atoms with Gasteiger partial charge in [0.05, 0.1) is 6.26 Å². The molecule has 1 aliphatic heterocycles. The number of amides is 3. The van der Waals surface area contributed by atoms with Crippen molar-refractivity contribution in [2.75, 3.05) is 38.3 Å². The summed E-state index contributed by atoms with van der Waals surface area (Å²) in [6.45, 7) is 1.35. The van der Waals surface area contributed by atoms with E-state index in [1.807, 2.05) is 0 Å². The minimum Gasteiger partial charge on any atom is -0.355 e. The largest absolute Gasteiger partial charge is 0.355 e. The van der Waals surface area contributed by atoms with Crippen LogP contribution < -0.4 is 16.0 Å². The molecule has 1 aromatic rings. The van der Waals surface area contributed by atoms with Crippen molar-refractivity contribution in [2.45, 2.75) is 12.8 Å². The third-order valence-corrected chi connectivity index (χ3v) is 5.38. The molecule has 1 heterocycles. The maximum absolute atomic E-state index is 12.0. The van der Waals surface area contributed by atoms with Gasteiger partial charge in [-0.05, 0) is 37.0 Å².